The molecule has 0 saturated carbocycles. The molecular weight excluding hydrogens is 520 g/mol. The molecule has 1 aliphatic heterocycles. The van der Waals surface area contributed by atoms with E-state index >= 15 is 0 Å². The van der Waals surface area contributed by atoms with Crippen LogP contribution in [0.2, 0.25) is 0 Å². The lowest BCUT2D eigenvalue weighted by atomic mass is 9.99. The molecule has 1 aliphatic rings. The van der Waals surface area contributed by atoms with Crippen molar-refractivity contribution in [1.29, 1.82) is 0 Å². The van der Waals surface area contributed by atoms with Gasteiger partial charge in [-0.1, -0.05) is 120 Å². The number of hydrogen-bond donors (Lipinski definition) is 0. The van der Waals surface area contributed by atoms with Crippen molar-refractivity contribution >= 4 is 18.0 Å². The quantitative estimate of drug-likeness (QED) is 0.180. The fourth-order valence-corrected chi connectivity index (χ4v) is 5.76. The molecular formula is C34H34O5S. The molecule has 40 heavy (non-hydrogen) atoms. The zero-order chi connectivity index (χ0) is 27.6. The summed E-state index contributed by atoms with van der Waals surface area (Å²) in [6.45, 7) is 3.12. The zero-order valence-electron chi connectivity index (χ0n) is 22.5. The Morgan fingerprint density at radius 2 is 1.07 bits per heavy atom. The Kier molecular flexibility index (Phi) is 10.2. The number of rotatable bonds is 12. The Labute approximate surface area is 240 Å². The molecule has 0 N–H and O–H groups in total. The van der Waals surface area contributed by atoms with E-state index in [4.69, 9.17) is 18.9 Å². The van der Waals surface area contributed by atoms with Crippen molar-refractivity contribution in [2.24, 2.45) is 0 Å². The molecule has 1 heterocycles. The summed E-state index contributed by atoms with van der Waals surface area (Å²) >= 11 is 1.54. The predicted octanol–water partition coefficient (Wildman–Crippen LogP) is 6.77. The fraction of sp³-hybridized carbons (Fsp3) is 0.265. The fourth-order valence-electron chi connectivity index (χ4n) is 4.65. The van der Waals surface area contributed by atoms with Gasteiger partial charge in [0.1, 0.15) is 29.9 Å². The molecule has 4 aromatic rings. The van der Waals surface area contributed by atoms with Crippen molar-refractivity contribution in [3.8, 4) is 0 Å². The van der Waals surface area contributed by atoms with Crippen LogP contribution in [-0.4, -0.2) is 36.1 Å². The number of hydrogen-bond acceptors (Lipinski definition) is 6. The summed E-state index contributed by atoms with van der Waals surface area (Å²) in [7, 11) is 0. The third-order valence-electron chi connectivity index (χ3n) is 6.79. The van der Waals surface area contributed by atoms with Crippen LogP contribution in [0.1, 0.15) is 22.3 Å². The van der Waals surface area contributed by atoms with E-state index in [1.54, 1.807) is 0 Å². The summed E-state index contributed by atoms with van der Waals surface area (Å²) in [6, 6.07) is 38.2. The Morgan fingerprint density at radius 1 is 0.625 bits per heavy atom. The highest BCUT2D eigenvalue weighted by molar-refractivity contribution is 7.99. The minimum absolute atomic E-state index is 0.325. The van der Waals surface area contributed by atoms with Gasteiger partial charge in [0.15, 0.2) is 6.29 Å². The van der Waals surface area contributed by atoms with Crippen LogP contribution in [0, 0.1) is 6.92 Å². The van der Waals surface area contributed by atoms with Gasteiger partial charge in [0.05, 0.1) is 19.8 Å². The van der Waals surface area contributed by atoms with Crippen LogP contribution in [0.4, 0.5) is 0 Å². The van der Waals surface area contributed by atoms with E-state index < -0.39 is 29.9 Å². The minimum Gasteiger partial charge on any atom is -0.368 e. The van der Waals surface area contributed by atoms with Crippen molar-refractivity contribution in [2.75, 3.05) is 0 Å². The highest BCUT2D eigenvalue weighted by Crippen LogP contribution is 2.38. The van der Waals surface area contributed by atoms with Crippen molar-refractivity contribution in [2.45, 2.75) is 61.5 Å². The Hall–Kier alpha value is -3.26. The second-order valence-corrected chi connectivity index (χ2v) is 11.0. The maximum Gasteiger partial charge on any atom is 0.151 e. The van der Waals surface area contributed by atoms with Crippen LogP contribution in [0.5, 0.6) is 0 Å². The number of aryl methyl sites for hydroxylation is 1. The van der Waals surface area contributed by atoms with Gasteiger partial charge in [-0.15, -0.1) is 0 Å². The van der Waals surface area contributed by atoms with Gasteiger partial charge in [-0.05, 0) is 35.7 Å². The first-order valence-corrected chi connectivity index (χ1v) is 14.4. The van der Waals surface area contributed by atoms with Crippen molar-refractivity contribution < 1.29 is 23.7 Å². The topological polar surface area (TPSA) is 54.0 Å². The van der Waals surface area contributed by atoms with Crippen LogP contribution in [0.25, 0.3) is 0 Å². The van der Waals surface area contributed by atoms with Crippen LogP contribution in [-0.2, 0) is 43.6 Å². The predicted molar refractivity (Wildman–Crippen MR) is 157 cm³/mol. The highest BCUT2D eigenvalue weighted by Gasteiger charge is 2.48. The number of thioether (sulfide) groups is 1. The van der Waals surface area contributed by atoms with Gasteiger partial charge in [0.2, 0.25) is 0 Å². The maximum absolute atomic E-state index is 12.4. The molecule has 4 aromatic carbocycles. The first kappa shape index (κ1) is 28.3. The van der Waals surface area contributed by atoms with Crippen LogP contribution >= 0.6 is 11.8 Å². The summed E-state index contributed by atoms with van der Waals surface area (Å²) in [4.78, 5) is 13.4. The molecule has 1 saturated heterocycles. The maximum atomic E-state index is 12.4. The van der Waals surface area contributed by atoms with Gasteiger partial charge in [-0.3, -0.25) is 0 Å². The Morgan fingerprint density at radius 3 is 1.55 bits per heavy atom. The molecule has 0 bridgehead atoms. The summed E-state index contributed by atoms with van der Waals surface area (Å²) in [5.41, 5.74) is 3.77. The standard InChI is InChI=1S/C34H34O5S/c1-25-17-19-29(20-18-25)40-34-33(38-24-28-15-9-4-10-16-28)32(37-23-27-13-7-3-8-14-27)31(30(21-35)39-34)36-22-26-11-5-2-6-12-26/h2-21,30-34H,22-24H2,1H3/t30-,31-,32+,33-,34+/m1/s1. The number of carbonyl (C=O) groups is 1. The molecule has 0 amide bonds. The monoisotopic (exact) mass is 554 g/mol. The van der Waals surface area contributed by atoms with Crippen molar-refractivity contribution in [3.05, 3.63) is 138 Å². The van der Waals surface area contributed by atoms with Gasteiger partial charge in [0, 0.05) is 4.90 Å². The molecule has 5 nitrogen and oxygen atoms in total. The molecule has 206 valence electrons. The minimum atomic E-state index is -0.816. The number of benzene rings is 4. The average molecular weight is 555 g/mol. The normalized spacial score (nSPS) is 22.6. The molecule has 0 spiro atoms. The smallest absolute Gasteiger partial charge is 0.151 e. The average Bonchev–Trinajstić information content (AvgIpc) is 3.01. The lowest BCUT2D eigenvalue weighted by Crippen LogP contribution is -2.59. The van der Waals surface area contributed by atoms with E-state index in [0.29, 0.717) is 19.8 Å². The summed E-state index contributed by atoms with van der Waals surface area (Å²) in [5, 5.41) is 0. The highest BCUT2D eigenvalue weighted by atomic mass is 32.2. The first-order valence-electron chi connectivity index (χ1n) is 13.5. The second kappa shape index (κ2) is 14.4. The molecule has 5 rings (SSSR count). The van der Waals surface area contributed by atoms with Crippen molar-refractivity contribution in [1.82, 2.24) is 0 Å². The lowest BCUT2D eigenvalue weighted by Gasteiger charge is -2.44. The molecule has 0 radical (unpaired) electrons. The van der Waals surface area contributed by atoms with Gasteiger partial charge in [0.25, 0.3) is 0 Å². The molecule has 0 aliphatic carbocycles. The van der Waals surface area contributed by atoms with E-state index in [1.807, 2.05) is 91.0 Å². The van der Waals surface area contributed by atoms with Crippen LogP contribution in [0.15, 0.2) is 120 Å². The summed E-state index contributed by atoms with van der Waals surface area (Å²) in [5.74, 6) is 0. The number of carbonyl (C=O) groups excluding carboxylic acids is 1. The summed E-state index contributed by atoms with van der Waals surface area (Å²) < 4.78 is 26.0. The zero-order valence-corrected chi connectivity index (χ0v) is 23.3. The third kappa shape index (κ3) is 7.68. The largest absolute Gasteiger partial charge is 0.368 e. The first-order chi connectivity index (χ1) is 19.7. The van der Waals surface area contributed by atoms with Gasteiger partial charge in [-0.2, -0.15) is 0 Å². The van der Waals surface area contributed by atoms with Gasteiger partial charge in [-0.25, -0.2) is 0 Å². The third-order valence-corrected chi connectivity index (χ3v) is 7.95. The van der Waals surface area contributed by atoms with E-state index in [2.05, 4.69) is 31.2 Å². The number of ether oxygens (including phenoxy) is 4. The molecule has 0 aromatic heterocycles. The van der Waals surface area contributed by atoms with E-state index in [0.717, 1.165) is 27.9 Å². The van der Waals surface area contributed by atoms with E-state index in [9.17, 15) is 4.79 Å². The molecule has 5 atom stereocenters. The van der Waals surface area contributed by atoms with E-state index in [1.165, 1.54) is 17.3 Å². The number of aldehydes is 1. The molecule has 0 unspecified atom stereocenters. The van der Waals surface area contributed by atoms with Crippen LogP contribution in [0.3, 0.4) is 0 Å². The Balaban J connectivity index is 1.45. The second-order valence-electron chi connectivity index (χ2n) is 9.82. The molecule has 6 heteroatoms. The summed E-state index contributed by atoms with van der Waals surface area (Å²) in [6.07, 6.45) is -1.71. The van der Waals surface area contributed by atoms with Crippen LogP contribution < -0.4 is 0 Å². The van der Waals surface area contributed by atoms with E-state index in [-0.39, 0.29) is 0 Å². The Bertz CT molecular complexity index is 1300. The molecule has 1 fully saturated rings. The van der Waals surface area contributed by atoms with Gasteiger partial charge >= 0.3 is 0 Å². The van der Waals surface area contributed by atoms with Gasteiger partial charge < -0.3 is 23.7 Å². The lowest BCUT2D eigenvalue weighted by molar-refractivity contribution is -0.239. The van der Waals surface area contributed by atoms with Crippen molar-refractivity contribution in [3.63, 3.8) is 0 Å². The SMILES string of the molecule is Cc1ccc(S[C@@H]2O[C@H](C=O)[C@@H](OCc3ccccc3)[C@H](OCc3ccccc3)[C@H]2OCc2ccccc2)cc1.